The van der Waals surface area contributed by atoms with Gasteiger partial charge in [0.2, 0.25) is 0 Å². The quantitative estimate of drug-likeness (QED) is 0.522. The zero-order valence-electron chi connectivity index (χ0n) is 14.4. The van der Waals surface area contributed by atoms with E-state index in [-0.39, 0.29) is 11.5 Å². The smallest absolute Gasteiger partial charge is 0.191 e. The van der Waals surface area contributed by atoms with Crippen molar-refractivity contribution in [3.63, 3.8) is 0 Å². The van der Waals surface area contributed by atoms with Gasteiger partial charge in [0, 0.05) is 31.3 Å². The Morgan fingerprint density at radius 2 is 2.00 bits per heavy atom. The second-order valence-electron chi connectivity index (χ2n) is 5.32. The van der Waals surface area contributed by atoms with E-state index >= 15 is 0 Å². The summed E-state index contributed by atoms with van der Waals surface area (Å²) >= 11 is 0. The summed E-state index contributed by atoms with van der Waals surface area (Å²) in [5, 5.41) is 10.2. The van der Waals surface area contributed by atoms with Gasteiger partial charge in [-0.1, -0.05) is 25.9 Å². The van der Waals surface area contributed by atoms with Crippen molar-refractivity contribution in [2.75, 3.05) is 25.1 Å². The van der Waals surface area contributed by atoms with Crippen molar-refractivity contribution < 1.29 is 12.9 Å². The fraction of sp³-hybridized carbons (Fsp3) is 0.733. The molecule has 2 N–H and O–H groups in total. The van der Waals surface area contributed by atoms with Gasteiger partial charge in [0.25, 0.3) is 0 Å². The van der Waals surface area contributed by atoms with E-state index in [1.54, 1.807) is 14.0 Å². The molecule has 0 spiro atoms. The maximum Gasteiger partial charge on any atom is 0.191 e. The van der Waals surface area contributed by atoms with Gasteiger partial charge in [-0.25, -0.2) is 8.42 Å². The first-order chi connectivity index (χ1) is 11.0. The highest BCUT2D eigenvalue weighted by Gasteiger charge is 2.13. The predicted octanol–water partition coefficient (Wildman–Crippen LogP) is 1.68. The zero-order valence-corrected chi connectivity index (χ0v) is 15.2. The van der Waals surface area contributed by atoms with E-state index in [9.17, 15) is 8.42 Å². The number of nitrogens with zero attached hydrogens (tertiary/aromatic N) is 2. The molecule has 0 aliphatic carbocycles. The highest BCUT2D eigenvalue weighted by Crippen LogP contribution is 2.22. The Bertz CT molecular complexity index is 592. The standard InChI is InChI=1S/C15H28N4O3S/c1-5-12(6-2)14-10-13(22-19-14)11-18-15(16-4)17-8-9-23(20,21)7-3/h10,12H,5-9,11H2,1-4H3,(H2,16,17,18). The third kappa shape index (κ3) is 6.60. The fourth-order valence-electron chi connectivity index (χ4n) is 2.17. The van der Waals surface area contributed by atoms with Gasteiger partial charge in [-0.05, 0) is 12.8 Å². The van der Waals surface area contributed by atoms with Crippen molar-refractivity contribution in [2.45, 2.75) is 46.1 Å². The van der Waals surface area contributed by atoms with Crippen LogP contribution in [-0.2, 0) is 16.4 Å². The maximum absolute atomic E-state index is 11.4. The fourth-order valence-corrected chi connectivity index (χ4v) is 2.87. The summed E-state index contributed by atoms with van der Waals surface area (Å²) in [6, 6.07) is 1.96. The molecular formula is C15H28N4O3S. The van der Waals surface area contributed by atoms with Crippen molar-refractivity contribution in [2.24, 2.45) is 4.99 Å². The summed E-state index contributed by atoms with van der Waals surface area (Å²) in [6.07, 6.45) is 2.07. The second-order valence-corrected chi connectivity index (χ2v) is 7.79. The topological polar surface area (TPSA) is 96.6 Å². The first-order valence-electron chi connectivity index (χ1n) is 8.06. The van der Waals surface area contributed by atoms with E-state index in [0.717, 1.165) is 24.3 Å². The Morgan fingerprint density at radius 3 is 2.57 bits per heavy atom. The SMILES string of the molecule is CCC(CC)c1cc(CNC(=NC)NCCS(=O)(=O)CC)on1. The molecule has 1 heterocycles. The van der Waals surface area contributed by atoms with Crippen LogP contribution in [0.1, 0.15) is 51.0 Å². The number of sulfone groups is 1. The van der Waals surface area contributed by atoms with E-state index in [4.69, 9.17) is 4.52 Å². The summed E-state index contributed by atoms with van der Waals surface area (Å²) in [5.41, 5.74) is 0.976. The molecule has 132 valence electrons. The van der Waals surface area contributed by atoms with Crippen LogP contribution in [0, 0.1) is 0 Å². The largest absolute Gasteiger partial charge is 0.359 e. The molecule has 0 radical (unpaired) electrons. The molecule has 23 heavy (non-hydrogen) atoms. The molecular weight excluding hydrogens is 316 g/mol. The maximum atomic E-state index is 11.4. The van der Waals surface area contributed by atoms with E-state index in [2.05, 4.69) is 34.6 Å². The second kappa shape index (κ2) is 9.54. The first kappa shape index (κ1) is 19.5. The monoisotopic (exact) mass is 344 g/mol. The van der Waals surface area contributed by atoms with Gasteiger partial charge < -0.3 is 15.2 Å². The molecule has 0 saturated carbocycles. The average Bonchev–Trinajstić information content (AvgIpc) is 3.00. The first-order valence-corrected chi connectivity index (χ1v) is 9.88. The minimum Gasteiger partial charge on any atom is -0.359 e. The van der Waals surface area contributed by atoms with Gasteiger partial charge in [-0.2, -0.15) is 0 Å². The van der Waals surface area contributed by atoms with Crippen molar-refractivity contribution in [1.82, 2.24) is 15.8 Å². The molecule has 0 saturated heterocycles. The molecule has 0 bridgehead atoms. The number of aliphatic imine (C=N–C) groups is 1. The molecule has 0 atom stereocenters. The molecule has 1 rings (SSSR count). The van der Waals surface area contributed by atoms with E-state index in [1.807, 2.05) is 6.07 Å². The predicted molar refractivity (Wildman–Crippen MR) is 92.4 cm³/mol. The van der Waals surface area contributed by atoms with Crippen molar-refractivity contribution >= 4 is 15.8 Å². The Hall–Kier alpha value is -1.57. The lowest BCUT2D eigenvalue weighted by atomic mass is 9.99. The molecule has 0 aliphatic heterocycles. The van der Waals surface area contributed by atoms with Crippen LogP contribution < -0.4 is 10.6 Å². The van der Waals surface area contributed by atoms with Crippen molar-refractivity contribution in [3.05, 3.63) is 17.5 Å². The lowest BCUT2D eigenvalue weighted by Gasteiger charge is -2.10. The molecule has 1 aromatic heterocycles. The van der Waals surface area contributed by atoms with Gasteiger partial charge >= 0.3 is 0 Å². The van der Waals surface area contributed by atoms with E-state index in [0.29, 0.717) is 25.0 Å². The molecule has 0 fully saturated rings. The molecule has 7 nitrogen and oxygen atoms in total. The number of nitrogens with one attached hydrogen (secondary N) is 2. The van der Waals surface area contributed by atoms with Gasteiger partial charge in [0.1, 0.15) is 0 Å². The van der Waals surface area contributed by atoms with Crippen molar-refractivity contribution in [3.8, 4) is 0 Å². The number of guanidine groups is 1. The van der Waals surface area contributed by atoms with Gasteiger partial charge in [0.15, 0.2) is 21.6 Å². The molecule has 0 amide bonds. The van der Waals surface area contributed by atoms with Crippen LogP contribution in [0.4, 0.5) is 0 Å². The van der Waals surface area contributed by atoms with Gasteiger partial charge in [0.05, 0.1) is 18.0 Å². The highest BCUT2D eigenvalue weighted by atomic mass is 32.2. The summed E-state index contributed by atoms with van der Waals surface area (Å²) in [7, 11) is -1.34. The molecule has 8 heteroatoms. The van der Waals surface area contributed by atoms with Crippen LogP contribution >= 0.6 is 0 Å². The third-order valence-corrected chi connectivity index (χ3v) is 5.49. The summed E-state index contributed by atoms with van der Waals surface area (Å²) < 4.78 is 28.2. The van der Waals surface area contributed by atoms with E-state index in [1.165, 1.54) is 0 Å². The van der Waals surface area contributed by atoms with Crippen LogP contribution in [-0.4, -0.2) is 44.6 Å². The van der Waals surface area contributed by atoms with Crippen molar-refractivity contribution in [1.29, 1.82) is 0 Å². The summed E-state index contributed by atoms with van der Waals surface area (Å²) in [6.45, 7) is 6.69. The number of rotatable bonds is 9. The third-order valence-electron chi connectivity index (χ3n) is 3.78. The molecule has 1 aromatic rings. The summed E-state index contributed by atoms with van der Waals surface area (Å²) in [5.74, 6) is 1.93. The van der Waals surface area contributed by atoms with E-state index < -0.39 is 9.84 Å². The number of hydrogen-bond donors (Lipinski definition) is 2. The zero-order chi connectivity index (χ0) is 17.3. The van der Waals surface area contributed by atoms with Crippen LogP contribution in [0.5, 0.6) is 0 Å². The van der Waals surface area contributed by atoms with Crippen LogP contribution in [0.25, 0.3) is 0 Å². The Kier molecular flexibility index (Phi) is 8.08. The molecule has 0 aromatic carbocycles. The van der Waals surface area contributed by atoms with Crippen LogP contribution in [0.3, 0.4) is 0 Å². The minimum absolute atomic E-state index is 0.0886. The average molecular weight is 344 g/mol. The minimum atomic E-state index is -2.98. The number of aromatic nitrogens is 1. The normalized spacial score (nSPS) is 12.7. The molecule has 0 unspecified atom stereocenters. The Morgan fingerprint density at radius 1 is 1.30 bits per heavy atom. The summed E-state index contributed by atoms with van der Waals surface area (Å²) in [4.78, 5) is 4.06. The molecule has 0 aliphatic rings. The van der Waals surface area contributed by atoms with Gasteiger partial charge in [-0.15, -0.1) is 0 Å². The lowest BCUT2D eigenvalue weighted by molar-refractivity contribution is 0.368. The number of hydrogen-bond acceptors (Lipinski definition) is 5. The van der Waals surface area contributed by atoms with Gasteiger partial charge in [-0.3, -0.25) is 4.99 Å². The highest BCUT2D eigenvalue weighted by molar-refractivity contribution is 7.91. The van der Waals surface area contributed by atoms with Crippen LogP contribution in [0.15, 0.2) is 15.6 Å². The Labute approximate surface area is 138 Å². The Balaban J connectivity index is 2.46. The van der Waals surface area contributed by atoms with Crippen LogP contribution in [0.2, 0.25) is 0 Å². The lowest BCUT2D eigenvalue weighted by Crippen LogP contribution is -2.39.